The van der Waals surface area contributed by atoms with Crippen molar-refractivity contribution in [2.45, 2.75) is 102 Å². The molecule has 5 aliphatic rings. The Morgan fingerprint density at radius 3 is 2.46 bits per heavy atom. The Hall–Kier alpha value is -3.47. The maximum atomic E-state index is 14.6. The number of aromatic nitrogens is 2. The normalized spacial score (nSPS) is 28.9. The molecule has 1 aromatic rings. The van der Waals surface area contributed by atoms with Crippen LogP contribution in [0.25, 0.3) is 0 Å². The number of Topliss-reactive ketones (excluding diaryl/α,β-unsaturated/α-hetero) is 1. The molecule has 13 heteroatoms. The van der Waals surface area contributed by atoms with Gasteiger partial charge in [-0.25, -0.2) is 9.78 Å². The summed E-state index contributed by atoms with van der Waals surface area (Å²) in [5, 5.41) is 14.3. The number of piperazine rings is 1. The second kappa shape index (κ2) is 13.8. The third-order valence-corrected chi connectivity index (χ3v) is 10.6. The van der Waals surface area contributed by atoms with E-state index < -0.39 is 41.0 Å². The molecule has 1 amide bonds. The second-order valence-corrected chi connectivity index (χ2v) is 14.8. The quantitative estimate of drug-likeness (QED) is 0.205. The van der Waals surface area contributed by atoms with Crippen LogP contribution in [0.1, 0.15) is 84.4 Å². The summed E-state index contributed by atoms with van der Waals surface area (Å²) >= 11 is 0. The summed E-state index contributed by atoms with van der Waals surface area (Å²) in [6.45, 7) is 10.0. The molecule has 3 saturated heterocycles. The Morgan fingerprint density at radius 1 is 1.06 bits per heavy atom. The van der Waals surface area contributed by atoms with Gasteiger partial charge in [0.1, 0.15) is 17.1 Å². The number of nitrogens with zero attached hydrogens (tertiary/aromatic N) is 6. The van der Waals surface area contributed by atoms with E-state index in [0.717, 1.165) is 38.8 Å². The monoisotopic (exact) mass is 666 g/mol. The molecular weight excluding hydrogens is 616 g/mol. The Balaban J connectivity index is 1.32. The lowest BCUT2D eigenvalue weighted by Gasteiger charge is -2.52. The summed E-state index contributed by atoms with van der Waals surface area (Å²) in [5.74, 6) is 1.88. The number of terminal acetylenes is 1. The average molecular weight is 667 g/mol. The van der Waals surface area contributed by atoms with E-state index in [9.17, 15) is 14.8 Å². The highest BCUT2D eigenvalue weighted by atomic mass is 16.7. The minimum absolute atomic E-state index is 0.0420. The molecule has 4 heterocycles. The number of ether oxygens (including phenoxy) is 4. The van der Waals surface area contributed by atoms with Crippen LogP contribution in [-0.4, -0.2) is 119 Å². The van der Waals surface area contributed by atoms with E-state index >= 15 is 0 Å². The predicted molar refractivity (Wildman–Crippen MR) is 177 cm³/mol. The van der Waals surface area contributed by atoms with Crippen LogP contribution >= 0.6 is 0 Å². The summed E-state index contributed by atoms with van der Waals surface area (Å²) in [6, 6.07) is 1.32. The van der Waals surface area contributed by atoms with E-state index in [-0.39, 0.29) is 23.2 Å². The van der Waals surface area contributed by atoms with Crippen molar-refractivity contribution in [1.82, 2.24) is 19.8 Å². The lowest BCUT2D eigenvalue weighted by Crippen LogP contribution is -2.60. The molecule has 1 aromatic heterocycles. The van der Waals surface area contributed by atoms with Gasteiger partial charge in [0, 0.05) is 45.2 Å². The number of hydrogen-bond acceptors (Lipinski definition) is 12. The Morgan fingerprint density at radius 2 is 1.77 bits per heavy atom. The smallest absolute Gasteiger partial charge is 0.410 e. The van der Waals surface area contributed by atoms with Crippen molar-refractivity contribution in [1.29, 1.82) is 0 Å². The molecule has 262 valence electrons. The van der Waals surface area contributed by atoms with Crippen LogP contribution in [0.4, 0.5) is 10.6 Å². The number of likely N-dealkylation sites (tertiary alicyclic amines) is 1. The molecule has 5 fully saturated rings. The largest absolute Gasteiger partial charge is 0.459 e. The highest BCUT2D eigenvalue weighted by Gasteiger charge is 2.63. The number of fused-ring (bicyclic) bond motifs is 1. The van der Waals surface area contributed by atoms with Crippen molar-refractivity contribution >= 4 is 23.4 Å². The van der Waals surface area contributed by atoms with Crippen LogP contribution in [-0.2, 0) is 19.0 Å². The first-order valence-electron chi connectivity index (χ1n) is 17.5. The zero-order valence-electron chi connectivity index (χ0n) is 28.8. The van der Waals surface area contributed by atoms with Gasteiger partial charge in [0.25, 0.3) is 0 Å². The van der Waals surface area contributed by atoms with Crippen molar-refractivity contribution in [2.24, 2.45) is 16.5 Å². The minimum Gasteiger partial charge on any atom is -0.459 e. The minimum atomic E-state index is -0.945. The van der Waals surface area contributed by atoms with E-state index in [1.165, 1.54) is 0 Å². The standard InChI is InChI=1S/C35H50N6O7/c1-6-26(25-12-10-16-41(25)32(43)48-33(2,3)4)47-28-23-27(40-19-17-39(5)18-20-40)36-31(37-28)29(38-44)24-11-9-14-34(30(24)42)13-7-8-15-35(34)45-21-22-46-35/h1,23-26,44H,7-22H2,2-5H3/b38-29+/t24?,25-,26-,34-/m0/s1. The topological polar surface area (TPSA) is 139 Å². The molecule has 0 radical (unpaired) electrons. The summed E-state index contributed by atoms with van der Waals surface area (Å²) in [5.41, 5.74) is -1.37. The number of anilines is 1. The lowest BCUT2D eigenvalue weighted by atomic mass is 9.57. The summed E-state index contributed by atoms with van der Waals surface area (Å²) in [4.78, 5) is 43.3. The van der Waals surface area contributed by atoms with Crippen LogP contribution in [0, 0.1) is 23.7 Å². The zero-order chi connectivity index (χ0) is 34.1. The molecule has 4 atom stereocenters. The maximum absolute atomic E-state index is 14.6. The zero-order valence-corrected chi connectivity index (χ0v) is 28.8. The molecule has 1 unspecified atom stereocenters. The third-order valence-electron chi connectivity index (χ3n) is 10.6. The van der Waals surface area contributed by atoms with Crippen molar-refractivity contribution in [3.05, 3.63) is 11.9 Å². The first-order chi connectivity index (χ1) is 23.0. The van der Waals surface area contributed by atoms with Gasteiger partial charge in [-0.1, -0.05) is 23.9 Å². The Bertz CT molecular complexity index is 1420. The first kappa shape index (κ1) is 34.4. The van der Waals surface area contributed by atoms with Crippen molar-refractivity contribution in [3.63, 3.8) is 0 Å². The first-order valence-corrected chi connectivity index (χ1v) is 17.5. The fourth-order valence-corrected chi connectivity index (χ4v) is 8.24. The highest BCUT2D eigenvalue weighted by molar-refractivity contribution is 6.14. The second-order valence-electron chi connectivity index (χ2n) is 14.8. The van der Waals surface area contributed by atoms with E-state index in [1.54, 1.807) is 11.0 Å². The van der Waals surface area contributed by atoms with Gasteiger partial charge in [0.05, 0.1) is 30.6 Å². The molecule has 0 bridgehead atoms. The number of ketones is 1. The lowest BCUT2D eigenvalue weighted by molar-refractivity contribution is -0.255. The number of carbonyl (C=O) groups excluding carboxylic acids is 2. The number of likely N-dealkylation sites (N-methyl/N-ethyl adjacent to an activating group) is 1. The Kier molecular flexibility index (Phi) is 9.89. The summed E-state index contributed by atoms with van der Waals surface area (Å²) in [7, 11) is 2.07. The van der Waals surface area contributed by atoms with E-state index in [1.807, 2.05) is 20.8 Å². The molecule has 6 rings (SSSR count). The van der Waals surface area contributed by atoms with Gasteiger partial charge < -0.3 is 38.9 Å². The van der Waals surface area contributed by atoms with Gasteiger partial charge in [-0.05, 0) is 66.3 Å². The predicted octanol–water partition coefficient (Wildman–Crippen LogP) is 3.86. The van der Waals surface area contributed by atoms with Crippen LogP contribution in [0.3, 0.4) is 0 Å². The number of hydrogen-bond donors (Lipinski definition) is 1. The fourth-order valence-electron chi connectivity index (χ4n) is 8.24. The molecule has 13 nitrogen and oxygen atoms in total. The van der Waals surface area contributed by atoms with Gasteiger partial charge in [0.2, 0.25) is 5.88 Å². The van der Waals surface area contributed by atoms with Crippen molar-refractivity contribution in [2.75, 3.05) is 57.9 Å². The fraction of sp³-hybridized carbons (Fsp3) is 0.743. The average Bonchev–Trinajstić information content (AvgIpc) is 3.74. The van der Waals surface area contributed by atoms with Crippen LogP contribution in [0.2, 0.25) is 0 Å². The van der Waals surface area contributed by atoms with E-state index in [0.29, 0.717) is 70.8 Å². The van der Waals surface area contributed by atoms with Crippen molar-refractivity contribution in [3.8, 4) is 18.2 Å². The van der Waals surface area contributed by atoms with Gasteiger partial charge in [-0.3, -0.25) is 4.79 Å². The molecule has 2 spiro atoms. The SMILES string of the molecule is C#C[C@H](Oc1cc(N2CCN(C)CC2)nc(/C(=N/O)C2CCC[C@@]3(CCCCC34OCCO4)C2=O)n1)[C@@H]1CCCN1C(=O)OC(C)(C)C. The maximum Gasteiger partial charge on any atom is 0.410 e. The number of carbonyl (C=O) groups is 2. The Labute approximate surface area is 283 Å². The molecule has 1 N–H and O–H groups in total. The van der Waals surface area contributed by atoms with Gasteiger partial charge in [-0.2, -0.15) is 4.98 Å². The molecule has 2 saturated carbocycles. The molecule has 3 aliphatic heterocycles. The van der Waals surface area contributed by atoms with E-state index in [2.05, 4.69) is 27.9 Å². The van der Waals surface area contributed by atoms with Crippen molar-refractivity contribution < 1.29 is 33.7 Å². The molecular formula is C35H50N6O7. The third kappa shape index (κ3) is 6.59. The summed E-state index contributed by atoms with van der Waals surface area (Å²) in [6.07, 6.45) is 11.2. The van der Waals surface area contributed by atoms with E-state index in [4.69, 9.17) is 35.3 Å². The van der Waals surface area contributed by atoms with Gasteiger partial charge >= 0.3 is 6.09 Å². The van der Waals surface area contributed by atoms with Gasteiger partial charge in [0.15, 0.2) is 23.5 Å². The van der Waals surface area contributed by atoms with Crippen LogP contribution in [0.5, 0.6) is 5.88 Å². The summed E-state index contributed by atoms with van der Waals surface area (Å²) < 4.78 is 24.5. The number of amides is 1. The molecule has 0 aromatic carbocycles. The number of rotatable bonds is 6. The molecule has 48 heavy (non-hydrogen) atoms. The van der Waals surface area contributed by atoms with Crippen LogP contribution in [0.15, 0.2) is 11.2 Å². The van der Waals surface area contributed by atoms with Gasteiger partial charge in [-0.15, -0.1) is 6.42 Å². The highest BCUT2D eigenvalue weighted by Crippen LogP contribution is 2.56. The number of oxime groups is 1. The van der Waals surface area contributed by atoms with Crippen LogP contribution < -0.4 is 9.64 Å². The molecule has 2 aliphatic carbocycles.